The number of isocyanates is 1. The van der Waals surface area contributed by atoms with Crippen molar-refractivity contribution in [2.45, 2.75) is 40.2 Å². The average molecular weight is 249 g/mol. The van der Waals surface area contributed by atoms with Crippen LogP contribution in [-0.2, 0) is 18.1 Å². The summed E-state index contributed by atoms with van der Waals surface area (Å²) in [5, 5.41) is 5.40. The first-order valence-electron chi connectivity index (χ1n) is 5.61. The summed E-state index contributed by atoms with van der Waals surface area (Å²) in [4.78, 5) is 8.35. The highest BCUT2D eigenvalue weighted by atomic mass is 28.4. The predicted molar refractivity (Wildman–Crippen MR) is 64.1 cm³/mol. The van der Waals surface area contributed by atoms with Gasteiger partial charge >= 0.3 is 8.80 Å². The van der Waals surface area contributed by atoms with E-state index in [0.29, 0.717) is 19.8 Å². The third-order valence-electron chi connectivity index (χ3n) is 1.65. The van der Waals surface area contributed by atoms with Crippen LogP contribution in [0, 0.1) is 5.41 Å². The highest BCUT2D eigenvalue weighted by Crippen LogP contribution is 2.17. The summed E-state index contributed by atoms with van der Waals surface area (Å²) in [6.45, 7) is 10.1. The lowest BCUT2D eigenvalue weighted by atomic mass is 10.6. The zero-order valence-corrected chi connectivity index (χ0v) is 11.7. The lowest BCUT2D eigenvalue weighted by Crippen LogP contribution is -2.45. The molecule has 96 valence electrons. The molecule has 0 aromatic heterocycles. The van der Waals surface area contributed by atoms with E-state index >= 15 is 0 Å². The SMILES string of the molecule is CCC[Si](OCC)(OCC)OCC.N=C=O. The van der Waals surface area contributed by atoms with Gasteiger partial charge in [-0.05, 0) is 20.8 Å². The Morgan fingerprint density at radius 3 is 1.50 bits per heavy atom. The summed E-state index contributed by atoms with van der Waals surface area (Å²) in [5.74, 6) is 0. The fourth-order valence-electron chi connectivity index (χ4n) is 1.31. The van der Waals surface area contributed by atoms with E-state index < -0.39 is 8.80 Å². The molecule has 6 heteroatoms. The lowest BCUT2D eigenvalue weighted by Gasteiger charge is -2.27. The third kappa shape index (κ3) is 8.76. The Morgan fingerprint density at radius 1 is 1.00 bits per heavy atom. The molecule has 16 heavy (non-hydrogen) atoms. The highest BCUT2D eigenvalue weighted by molar-refractivity contribution is 6.60. The van der Waals surface area contributed by atoms with Crippen molar-refractivity contribution in [3.8, 4) is 0 Å². The first-order valence-corrected chi connectivity index (χ1v) is 7.55. The molecular formula is C10H23NO4Si. The van der Waals surface area contributed by atoms with Gasteiger partial charge in [0.05, 0.1) is 0 Å². The van der Waals surface area contributed by atoms with Crippen LogP contribution in [0.5, 0.6) is 0 Å². The second-order valence-electron chi connectivity index (χ2n) is 2.83. The molecule has 0 aliphatic carbocycles. The third-order valence-corrected chi connectivity index (χ3v) is 4.95. The first-order chi connectivity index (χ1) is 7.66. The molecule has 0 amide bonds. The quantitative estimate of drug-likeness (QED) is 0.407. The van der Waals surface area contributed by atoms with Crippen LogP contribution in [0.15, 0.2) is 0 Å². The van der Waals surface area contributed by atoms with Crippen molar-refractivity contribution in [3.63, 3.8) is 0 Å². The minimum Gasteiger partial charge on any atom is -0.374 e. The molecule has 0 atom stereocenters. The Bertz CT molecular complexity index is 154. The van der Waals surface area contributed by atoms with Crippen molar-refractivity contribution >= 4 is 14.9 Å². The average Bonchev–Trinajstić information content (AvgIpc) is 2.20. The smallest absolute Gasteiger partial charge is 0.374 e. The highest BCUT2D eigenvalue weighted by Gasteiger charge is 2.38. The van der Waals surface area contributed by atoms with Gasteiger partial charge in [-0.3, -0.25) is 0 Å². The maximum Gasteiger partial charge on any atom is 0.500 e. The summed E-state index contributed by atoms with van der Waals surface area (Å²) in [6.07, 6.45) is 1.80. The van der Waals surface area contributed by atoms with Gasteiger partial charge in [-0.2, -0.15) is 0 Å². The van der Waals surface area contributed by atoms with Gasteiger partial charge in [-0.25, -0.2) is 10.2 Å². The lowest BCUT2D eigenvalue weighted by molar-refractivity contribution is 0.0712. The van der Waals surface area contributed by atoms with Crippen LogP contribution in [0.1, 0.15) is 34.1 Å². The Kier molecular flexibility index (Phi) is 14.0. The maximum absolute atomic E-state index is 8.35. The molecule has 1 N–H and O–H groups in total. The molecule has 0 saturated carbocycles. The summed E-state index contributed by atoms with van der Waals surface area (Å²) in [6, 6.07) is 0.919. The van der Waals surface area contributed by atoms with Crippen LogP contribution < -0.4 is 0 Å². The molecule has 0 unspecified atom stereocenters. The van der Waals surface area contributed by atoms with Gasteiger partial charge in [0, 0.05) is 25.9 Å². The van der Waals surface area contributed by atoms with Gasteiger partial charge in [0.25, 0.3) is 0 Å². The molecule has 0 aromatic rings. The monoisotopic (exact) mass is 249 g/mol. The molecule has 0 heterocycles. The standard InChI is InChI=1S/C9H22O3Si.CHNO/c1-5-9-13(10-6-2,11-7-3)12-8-4;2-1-3/h5-9H2,1-4H3;2H. The van der Waals surface area contributed by atoms with Crippen LogP contribution in [0.2, 0.25) is 6.04 Å². The molecular weight excluding hydrogens is 226 g/mol. The van der Waals surface area contributed by atoms with Gasteiger partial charge in [0.2, 0.25) is 6.08 Å². The summed E-state index contributed by atoms with van der Waals surface area (Å²) in [5.41, 5.74) is 0. The van der Waals surface area contributed by atoms with E-state index in [1.807, 2.05) is 20.8 Å². The molecule has 0 rings (SSSR count). The molecule has 0 spiro atoms. The van der Waals surface area contributed by atoms with E-state index in [1.54, 1.807) is 0 Å². The second-order valence-corrected chi connectivity index (χ2v) is 5.57. The maximum atomic E-state index is 8.35. The van der Waals surface area contributed by atoms with Gasteiger partial charge in [0.15, 0.2) is 0 Å². The van der Waals surface area contributed by atoms with Gasteiger partial charge in [0.1, 0.15) is 0 Å². The molecule has 0 radical (unpaired) electrons. The van der Waals surface area contributed by atoms with Crippen molar-refractivity contribution in [3.05, 3.63) is 0 Å². The molecule has 0 saturated heterocycles. The Morgan fingerprint density at radius 2 is 1.31 bits per heavy atom. The second kappa shape index (κ2) is 12.5. The minimum absolute atomic E-state index is 0.673. The zero-order valence-electron chi connectivity index (χ0n) is 10.7. The fraction of sp³-hybridized carbons (Fsp3) is 0.900. The number of nitrogens with one attached hydrogen (secondary N) is 1. The van der Waals surface area contributed by atoms with E-state index in [-0.39, 0.29) is 0 Å². The van der Waals surface area contributed by atoms with Crippen molar-refractivity contribution in [2.24, 2.45) is 0 Å². The van der Waals surface area contributed by atoms with Crippen LogP contribution in [0.4, 0.5) is 0 Å². The Hall–Kier alpha value is -0.523. The molecule has 5 nitrogen and oxygen atoms in total. The van der Waals surface area contributed by atoms with Gasteiger partial charge in [-0.15, -0.1) is 0 Å². The largest absolute Gasteiger partial charge is 0.500 e. The van der Waals surface area contributed by atoms with E-state index in [9.17, 15) is 0 Å². The normalized spacial score (nSPS) is 10.2. The van der Waals surface area contributed by atoms with E-state index in [2.05, 4.69) is 6.92 Å². The van der Waals surface area contributed by atoms with E-state index in [1.165, 1.54) is 0 Å². The van der Waals surface area contributed by atoms with Crippen LogP contribution >= 0.6 is 0 Å². The predicted octanol–water partition coefficient (Wildman–Crippen LogP) is 2.35. The fourth-order valence-corrected chi connectivity index (χ4v) is 3.92. The van der Waals surface area contributed by atoms with Crippen molar-refractivity contribution in [1.29, 1.82) is 5.41 Å². The van der Waals surface area contributed by atoms with Gasteiger partial charge in [-0.1, -0.05) is 13.3 Å². The van der Waals surface area contributed by atoms with Crippen molar-refractivity contribution in [2.75, 3.05) is 19.8 Å². The van der Waals surface area contributed by atoms with Crippen LogP contribution in [0.3, 0.4) is 0 Å². The van der Waals surface area contributed by atoms with E-state index in [4.69, 9.17) is 23.5 Å². The van der Waals surface area contributed by atoms with Crippen molar-refractivity contribution in [1.82, 2.24) is 0 Å². The van der Waals surface area contributed by atoms with Crippen LogP contribution in [-0.4, -0.2) is 34.7 Å². The first kappa shape index (κ1) is 17.9. The summed E-state index contributed by atoms with van der Waals surface area (Å²) in [7, 11) is -2.30. The van der Waals surface area contributed by atoms with Gasteiger partial charge < -0.3 is 13.3 Å². The van der Waals surface area contributed by atoms with Crippen molar-refractivity contribution < 1.29 is 18.1 Å². The molecule has 0 aliphatic rings. The molecule has 0 aliphatic heterocycles. The Labute approximate surface area is 99.0 Å². The zero-order chi connectivity index (χ0) is 12.9. The summed E-state index contributed by atoms with van der Waals surface area (Å²) >= 11 is 0. The number of hydrogen-bond acceptors (Lipinski definition) is 5. The molecule has 0 bridgehead atoms. The number of carbonyl (C=O) groups excluding carboxylic acids is 1. The summed E-state index contributed by atoms with van der Waals surface area (Å²) < 4.78 is 16.9. The molecule has 0 fully saturated rings. The Balaban J connectivity index is 0. The van der Waals surface area contributed by atoms with E-state index in [0.717, 1.165) is 18.5 Å². The number of hydrogen-bond donors (Lipinski definition) is 1. The minimum atomic E-state index is -2.30. The number of rotatable bonds is 8. The van der Waals surface area contributed by atoms with Crippen LogP contribution in [0.25, 0.3) is 0 Å². The topological polar surface area (TPSA) is 68.6 Å². The molecule has 0 aromatic carbocycles.